The lowest BCUT2D eigenvalue weighted by Crippen LogP contribution is -2.49. The van der Waals surface area contributed by atoms with Crippen LogP contribution in [0.3, 0.4) is 0 Å². The summed E-state index contributed by atoms with van der Waals surface area (Å²) in [7, 11) is 1.64. The molecule has 1 amide bonds. The molecule has 10 heteroatoms. The van der Waals surface area contributed by atoms with Gasteiger partial charge in [0.2, 0.25) is 0 Å². The third kappa shape index (κ3) is 5.12. The summed E-state index contributed by atoms with van der Waals surface area (Å²) < 4.78 is 5.56. The highest BCUT2D eigenvalue weighted by Gasteiger charge is 2.30. The number of aliphatic carboxylic acids is 1. The van der Waals surface area contributed by atoms with E-state index < -0.39 is 16.8 Å². The number of nitro benzene ring substituents is 1. The molecular weight excluding hydrogens is 354 g/mol. The molecule has 1 heterocycles. The Balaban J connectivity index is 2.09. The molecule has 25 heavy (non-hydrogen) atoms. The fourth-order valence-corrected chi connectivity index (χ4v) is 2.83. The van der Waals surface area contributed by atoms with Crippen molar-refractivity contribution in [2.75, 3.05) is 39.8 Å². The summed E-state index contributed by atoms with van der Waals surface area (Å²) in [5.41, 5.74) is -0.377. The van der Waals surface area contributed by atoms with Gasteiger partial charge >= 0.3 is 5.97 Å². The number of benzene rings is 1. The molecule has 1 saturated heterocycles. The van der Waals surface area contributed by atoms with E-state index in [0.717, 1.165) is 6.07 Å². The number of amides is 1. The maximum atomic E-state index is 12.7. The summed E-state index contributed by atoms with van der Waals surface area (Å²) in [6.07, 6.45) is -0.367. The second-order valence-corrected chi connectivity index (χ2v) is 6.19. The smallest absolute Gasteiger partial charge is 0.317 e. The van der Waals surface area contributed by atoms with Gasteiger partial charge in [-0.1, -0.05) is 11.6 Å². The Kier molecular flexibility index (Phi) is 6.29. The molecule has 1 fully saturated rings. The molecule has 0 saturated carbocycles. The van der Waals surface area contributed by atoms with Crippen LogP contribution in [0.1, 0.15) is 10.4 Å². The second-order valence-electron chi connectivity index (χ2n) is 5.75. The van der Waals surface area contributed by atoms with E-state index in [2.05, 4.69) is 0 Å². The molecule has 0 aliphatic carbocycles. The third-order valence-corrected chi connectivity index (χ3v) is 3.97. The number of rotatable bonds is 6. The summed E-state index contributed by atoms with van der Waals surface area (Å²) in [6, 6.07) is 3.91. The van der Waals surface area contributed by atoms with Crippen LogP contribution in [0, 0.1) is 10.1 Å². The molecule has 0 bridgehead atoms. The van der Waals surface area contributed by atoms with Gasteiger partial charge in [0.1, 0.15) is 5.56 Å². The lowest BCUT2D eigenvalue weighted by atomic mass is 10.1. The van der Waals surface area contributed by atoms with E-state index in [1.165, 1.54) is 17.0 Å². The normalized spacial score (nSPS) is 17.6. The van der Waals surface area contributed by atoms with E-state index >= 15 is 0 Å². The lowest BCUT2D eigenvalue weighted by molar-refractivity contribution is -0.385. The summed E-state index contributed by atoms with van der Waals surface area (Å²) in [5.74, 6) is -1.43. The molecule has 9 nitrogen and oxygen atoms in total. The van der Waals surface area contributed by atoms with Gasteiger partial charge in [0, 0.05) is 30.7 Å². The zero-order valence-corrected chi connectivity index (χ0v) is 14.3. The third-order valence-electron chi connectivity index (χ3n) is 3.73. The first-order chi connectivity index (χ1) is 11.8. The van der Waals surface area contributed by atoms with Gasteiger partial charge in [0.15, 0.2) is 0 Å². The van der Waals surface area contributed by atoms with E-state index in [4.69, 9.17) is 21.4 Å². The van der Waals surface area contributed by atoms with E-state index in [-0.39, 0.29) is 42.1 Å². The van der Waals surface area contributed by atoms with Gasteiger partial charge in [-0.05, 0) is 19.2 Å². The molecule has 1 aromatic carbocycles. The molecule has 1 atom stereocenters. The number of carbonyl (C=O) groups is 2. The van der Waals surface area contributed by atoms with Gasteiger partial charge in [0.25, 0.3) is 11.6 Å². The predicted molar refractivity (Wildman–Crippen MR) is 88.9 cm³/mol. The molecule has 136 valence electrons. The molecule has 1 unspecified atom stereocenters. The van der Waals surface area contributed by atoms with Gasteiger partial charge in [0.05, 0.1) is 24.2 Å². The first-order valence-electron chi connectivity index (χ1n) is 7.53. The number of ether oxygens (including phenoxy) is 1. The standard InChI is InChI=1S/C15H18ClN3O6/c1-17(9-14(20)21)7-11-8-18(4-5-25-11)15(22)12-3-2-10(16)6-13(12)19(23)24/h2-3,6,11H,4-5,7-9H2,1H3,(H,20,21). The largest absolute Gasteiger partial charge is 0.480 e. The van der Waals surface area contributed by atoms with Crippen LogP contribution in [0.25, 0.3) is 0 Å². The first kappa shape index (κ1) is 19.1. The highest BCUT2D eigenvalue weighted by molar-refractivity contribution is 6.31. The van der Waals surface area contributed by atoms with Crippen molar-refractivity contribution >= 4 is 29.2 Å². The number of hydrogen-bond acceptors (Lipinski definition) is 6. The summed E-state index contributed by atoms with van der Waals surface area (Å²) in [4.78, 5) is 36.9. The van der Waals surface area contributed by atoms with Crippen molar-refractivity contribution in [3.8, 4) is 0 Å². The van der Waals surface area contributed by atoms with Crippen LogP contribution in [0.2, 0.25) is 5.02 Å². The van der Waals surface area contributed by atoms with Crippen LogP contribution in [-0.2, 0) is 9.53 Å². The van der Waals surface area contributed by atoms with Crippen molar-refractivity contribution in [1.82, 2.24) is 9.80 Å². The Bertz CT molecular complexity index is 683. The highest BCUT2D eigenvalue weighted by Crippen LogP contribution is 2.25. The average Bonchev–Trinajstić information content (AvgIpc) is 2.53. The number of likely N-dealkylation sites (N-methyl/N-ethyl adjacent to an activating group) is 1. The van der Waals surface area contributed by atoms with Crippen LogP contribution in [0.5, 0.6) is 0 Å². The van der Waals surface area contributed by atoms with E-state index in [1.807, 2.05) is 0 Å². The number of carbonyl (C=O) groups excluding carboxylic acids is 1. The molecule has 0 radical (unpaired) electrons. The fraction of sp³-hybridized carbons (Fsp3) is 0.467. The number of morpholine rings is 1. The molecule has 0 spiro atoms. The quantitative estimate of drug-likeness (QED) is 0.588. The average molecular weight is 372 g/mol. The van der Waals surface area contributed by atoms with Crippen LogP contribution < -0.4 is 0 Å². The molecule has 1 aromatic rings. The monoisotopic (exact) mass is 371 g/mol. The molecule has 1 N–H and O–H groups in total. The minimum atomic E-state index is -0.956. The van der Waals surface area contributed by atoms with Crippen molar-refractivity contribution in [1.29, 1.82) is 0 Å². The van der Waals surface area contributed by atoms with Gasteiger partial charge < -0.3 is 14.7 Å². The van der Waals surface area contributed by atoms with Gasteiger partial charge in [-0.15, -0.1) is 0 Å². The van der Waals surface area contributed by atoms with Crippen LogP contribution in [0.4, 0.5) is 5.69 Å². The van der Waals surface area contributed by atoms with Gasteiger partial charge in [-0.3, -0.25) is 24.6 Å². The number of carboxylic acids is 1. The molecule has 0 aromatic heterocycles. The van der Waals surface area contributed by atoms with Crippen LogP contribution in [0.15, 0.2) is 18.2 Å². The number of halogens is 1. The Labute approximate surface area is 148 Å². The van der Waals surface area contributed by atoms with Crippen molar-refractivity contribution < 1.29 is 24.4 Å². The number of carboxylic acid groups (broad SMARTS) is 1. The maximum absolute atomic E-state index is 12.7. The van der Waals surface area contributed by atoms with Crippen LogP contribution in [-0.4, -0.2) is 77.6 Å². The predicted octanol–water partition coefficient (Wildman–Crippen LogP) is 1.11. The number of hydrogen-bond donors (Lipinski definition) is 1. The number of nitro groups is 1. The summed E-state index contributed by atoms with van der Waals surface area (Å²) >= 11 is 5.77. The Morgan fingerprint density at radius 3 is 2.88 bits per heavy atom. The molecule has 1 aliphatic rings. The van der Waals surface area contributed by atoms with Crippen molar-refractivity contribution in [3.63, 3.8) is 0 Å². The summed E-state index contributed by atoms with van der Waals surface area (Å²) in [5, 5.41) is 20.1. The van der Waals surface area contributed by atoms with Gasteiger partial charge in [-0.2, -0.15) is 0 Å². The Hall–Kier alpha value is -2.23. The minimum Gasteiger partial charge on any atom is -0.480 e. The minimum absolute atomic E-state index is 0.0334. The number of nitrogens with zero attached hydrogens (tertiary/aromatic N) is 3. The molecule has 1 aliphatic heterocycles. The zero-order valence-electron chi connectivity index (χ0n) is 13.6. The van der Waals surface area contributed by atoms with Crippen molar-refractivity contribution in [2.45, 2.75) is 6.10 Å². The molecule has 2 rings (SSSR count). The van der Waals surface area contributed by atoms with E-state index in [9.17, 15) is 19.7 Å². The van der Waals surface area contributed by atoms with Gasteiger partial charge in [-0.25, -0.2) is 0 Å². The zero-order chi connectivity index (χ0) is 18.6. The SMILES string of the molecule is CN(CC(=O)O)CC1CN(C(=O)c2ccc(Cl)cc2[N+](=O)[O-])CCO1. The second kappa shape index (κ2) is 8.24. The topological polar surface area (TPSA) is 113 Å². The highest BCUT2D eigenvalue weighted by atomic mass is 35.5. The Morgan fingerprint density at radius 1 is 1.52 bits per heavy atom. The first-order valence-corrected chi connectivity index (χ1v) is 7.91. The lowest BCUT2D eigenvalue weighted by Gasteiger charge is -2.34. The Morgan fingerprint density at radius 2 is 2.24 bits per heavy atom. The van der Waals surface area contributed by atoms with E-state index in [0.29, 0.717) is 13.1 Å². The van der Waals surface area contributed by atoms with Crippen LogP contribution >= 0.6 is 11.6 Å². The van der Waals surface area contributed by atoms with Crippen molar-refractivity contribution in [2.24, 2.45) is 0 Å². The fourth-order valence-electron chi connectivity index (χ4n) is 2.66. The van der Waals surface area contributed by atoms with E-state index in [1.54, 1.807) is 11.9 Å². The van der Waals surface area contributed by atoms with Crippen molar-refractivity contribution in [3.05, 3.63) is 38.9 Å². The molecular formula is C15H18ClN3O6. The maximum Gasteiger partial charge on any atom is 0.317 e. The summed E-state index contributed by atoms with van der Waals surface area (Å²) in [6.45, 7) is 0.994.